The minimum Gasteiger partial charge on any atom is -0.385 e. The van der Waals surface area contributed by atoms with Gasteiger partial charge in [0.1, 0.15) is 0 Å². The van der Waals surface area contributed by atoms with Crippen LogP contribution in [0.5, 0.6) is 0 Å². The van der Waals surface area contributed by atoms with Gasteiger partial charge >= 0.3 is 0 Å². The lowest BCUT2D eigenvalue weighted by atomic mass is 9.80. The molecule has 1 aromatic rings. The summed E-state index contributed by atoms with van der Waals surface area (Å²) in [4.78, 5) is 0. The molecule has 2 heterocycles. The van der Waals surface area contributed by atoms with Gasteiger partial charge < -0.3 is 5.11 Å². The third-order valence-electron chi connectivity index (χ3n) is 4.45. The largest absolute Gasteiger partial charge is 0.385 e. The Morgan fingerprint density at radius 3 is 2.21 bits per heavy atom. The van der Waals surface area contributed by atoms with Crippen molar-refractivity contribution in [3.63, 3.8) is 0 Å². The summed E-state index contributed by atoms with van der Waals surface area (Å²) in [7, 11) is 0. The topological polar surface area (TPSA) is 44.0 Å². The van der Waals surface area contributed by atoms with Gasteiger partial charge in [-0.05, 0) is 68.4 Å². The predicted octanol–water partition coefficient (Wildman–Crippen LogP) is 3.42. The molecule has 2 fully saturated rings. The Labute approximate surface area is 118 Å². The number of aryl methyl sites for hydroxylation is 2. The molecule has 3 rings (SSSR count). The maximum Gasteiger partial charge on any atom is 0.0991 e. The molecule has 100 valence electrons. The van der Waals surface area contributed by atoms with Gasteiger partial charge in [0.25, 0.3) is 0 Å². The summed E-state index contributed by atoms with van der Waals surface area (Å²) < 4.78 is 0. The Balaban J connectivity index is 2.04. The molecule has 19 heavy (non-hydrogen) atoms. The van der Waals surface area contributed by atoms with E-state index < -0.39 is 5.60 Å². The molecule has 2 atom stereocenters. The summed E-state index contributed by atoms with van der Waals surface area (Å²) in [6.07, 6.45) is 4.21. The summed E-state index contributed by atoms with van der Waals surface area (Å²) >= 11 is 2.06. The molecule has 1 N–H and O–H groups in total. The van der Waals surface area contributed by atoms with Crippen LogP contribution in [-0.2, 0) is 5.60 Å². The minimum absolute atomic E-state index is 0.609. The van der Waals surface area contributed by atoms with Gasteiger partial charge in [-0.2, -0.15) is 17.0 Å². The Kier molecular flexibility index (Phi) is 3.11. The van der Waals surface area contributed by atoms with Crippen LogP contribution in [0, 0.1) is 25.2 Å². The average Bonchev–Trinajstić information content (AvgIpc) is 2.68. The number of aliphatic hydroxyl groups is 1. The fourth-order valence-corrected chi connectivity index (χ4v) is 5.72. The van der Waals surface area contributed by atoms with Crippen molar-refractivity contribution in [2.45, 2.75) is 55.6 Å². The number of rotatable bonds is 1. The third kappa shape index (κ3) is 2.17. The molecule has 0 radical (unpaired) electrons. The standard InChI is InChI=1S/C16H19NOS/c1-10-5-12(9-17)6-11(2)15(10)16(18)7-13-3-4-14(8-16)19-13/h5-6,13-14,18H,3-4,7-8H2,1-2H3. The first-order valence-corrected chi connectivity index (χ1v) is 7.86. The quantitative estimate of drug-likeness (QED) is 0.852. The lowest BCUT2D eigenvalue weighted by Crippen LogP contribution is -2.36. The van der Waals surface area contributed by atoms with E-state index in [1.54, 1.807) is 0 Å². The predicted molar refractivity (Wildman–Crippen MR) is 78.2 cm³/mol. The monoisotopic (exact) mass is 273 g/mol. The Morgan fingerprint density at radius 1 is 1.21 bits per heavy atom. The highest BCUT2D eigenvalue weighted by Crippen LogP contribution is 2.52. The van der Waals surface area contributed by atoms with Gasteiger partial charge in [-0.15, -0.1) is 0 Å². The Hall–Kier alpha value is -0.980. The number of nitriles is 1. The first-order valence-electron chi connectivity index (χ1n) is 6.91. The van der Waals surface area contributed by atoms with Crippen molar-refractivity contribution in [3.8, 4) is 6.07 Å². The van der Waals surface area contributed by atoms with E-state index in [-0.39, 0.29) is 0 Å². The highest BCUT2D eigenvalue weighted by molar-refractivity contribution is 8.00. The van der Waals surface area contributed by atoms with Gasteiger partial charge in [0, 0.05) is 10.5 Å². The van der Waals surface area contributed by atoms with Crippen molar-refractivity contribution < 1.29 is 5.11 Å². The lowest BCUT2D eigenvalue weighted by Gasteiger charge is -2.38. The second kappa shape index (κ2) is 4.54. The molecule has 2 aliphatic rings. The average molecular weight is 273 g/mol. The van der Waals surface area contributed by atoms with E-state index in [1.807, 2.05) is 26.0 Å². The van der Waals surface area contributed by atoms with Crippen LogP contribution in [0.15, 0.2) is 12.1 Å². The highest BCUT2D eigenvalue weighted by atomic mass is 32.2. The van der Waals surface area contributed by atoms with Crippen LogP contribution in [-0.4, -0.2) is 15.6 Å². The van der Waals surface area contributed by atoms with E-state index in [0.29, 0.717) is 16.1 Å². The number of nitrogens with zero attached hydrogens (tertiary/aromatic N) is 1. The van der Waals surface area contributed by atoms with E-state index in [9.17, 15) is 5.11 Å². The van der Waals surface area contributed by atoms with Crippen molar-refractivity contribution in [1.82, 2.24) is 0 Å². The van der Waals surface area contributed by atoms with Crippen molar-refractivity contribution in [1.29, 1.82) is 5.26 Å². The maximum atomic E-state index is 11.2. The molecule has 0 spiro atoms. The van der Waals surface area contributed by atoms with Crippen LogP contribution < -0.4 is 0 Å². The molecular formula is C16H19NOS. The van der Waals surface area contributed by atoms with Crippen LogP contribution in [0.4, 0.5) is 0 Å². The van der Waals surface area contributed by atoms with Gasteiger partial charge in [0.05, 0.1) is 17.2 Å². The van der Waals surface area contributed by atoms with E-state index in [2.05, 4.69) is 17.8 Å². The summed E-state index contributed by atoms with van der Waals surface area (Å²) in [6.45, 7) is 4.04. The molecule has 1 aromatic carbocycles. The molecule has 2 bridgehead atoms. The van der Waals surface area contributed by atoms with E-state index in [4.69, 9.17) is 5.26 Å². The summed E-state index contributed by atoms with van der Waals surface area (Å²) in [5.74, 6) is 0. The van der Waals surface area contributed by atoms with Crippen LogP contribution in [0.3, 0.4) is 0 Å². The fourth-order valence-electron chi connectivity index (χ4n) is 3.88. The third-order valence-corrected chi connectivity index (χ3v) is 6.03. The van der Waals surface area contributed by atoms with E-state index >= 15 is 0 Å². The van der Waals surface area contributed by atoms with Crippen molar-refractivity contribution in [2.24, 2.45) is 0 Å². The van der Waals surface area contributed by atoms with E-state index in [0.717, 1.165) is 29.5 Å². The molecule has 0 aliphatic carbocycles. The van der Waals surface area contributed by atoms with Crippen LogP contribution in [0.2, 0.25) is 0 Å². The SMILES string of the molecule is Cc1cc(C#N)cc(C)c1C1(O)CC2CCC(C1)S2. The van der Waals surface area contributed by atoms with E-state index in [1.165, 1.54) is 12.8 Å². The number of fused-ring (bicyclic) bond motifs is 2. The first-order chi connectivity index (χ1) is 9.01. The van der Waals surface area contributed by atoms with Gasteiger partial charge in [0.2, 0.25) is 0 Å². The molecule has 2 aliphatic heterocycles. The summed E-state index contributed by atoms with van der Waals surface area (Å²) in [6, 6.07) is 6.01. The lowest BCUT2D eigenvalue weighted by molar-refractivity contribution is 0.0184. The molecule has 0 aromatic heterocycles. The number of hydrogen-bond acceptors (Lipinski definition) is 3. The maximum absolute atomic E-state index is 11.2. The number of hydrogen-bond donors (Lipinski definition) is 1. The zero-order chi connectivity index (χ0) is 13.6. The number of benzene rings is 1. The highest BCUT2D eigenvalue weighted by Gasteiger charge is 2.45. The molecule has 3 heteroatoms. The molecule has 2 unspecified atom stereocenters. The summed E-state index contributed by atoms with van der Waals surface area (Å²) in [5, 5.41) is 21.4. The molecular weight excluding hydrogens is 254 g/mol. The Morgan fingerprint density at radius 2 is 1.74 bits per heavy atom. The second-order valence-corrected chi connectivity index (χ2v) is 7.60. The van der Waals surface area contributed by atoms with Gasteiger partial charge in [0.15, 0.2) is 0 Å². The van der Waals surface area contributed by atoms with Crippen LogP contribution in [0.25, 0.3) is 0 Å². The minimum atomic E-state index is -0.681. The normalized spacial score (nSPS) is 33.2. The fraction of sp³-hybridized carbons (Fsp3) is 0.562. The van der Waals surface area contributed by atoms with Crippen LogP contribution in [0.1, 0.15) is 47.9 Å². The van der Waals surface area contributed by atoms with Gasteiger partial charge in [-0.25, -0.2) is 0 Å². The summed E-state index contributed by atoms with van der Waals surface area (Å²) in [5.41, 5.74) is 3.20. The zero-order valence-electron chi connectivity index (χ0n) is 11.4. The first kappa shape index (κ1) is 13.0. The smallest absolute Gasteiger partial charge is 0.0991 e. The van der Waals surface area contributed by atoms with Crippen molar-refractivity contribution in [3.05, 3.63) is 34.4 Å². The van der Waals surface area contributed by atoms with Crippen LogP contribution >= 0.6 is 11.8 Å². The van der Waals surface area contributed by atoms with Crippen molar-refractivity contribution >= 4 is 11.8 Å². The molecule has 0 amide bonds. The van der Waals surface area contributed by atoms with Gasteiger partial charge in [-0.1, -0.05) is 0 Å². The molecule has 0 saturated carbocycles. The van der Waals surface area contributed by atoms with Crippen molar-refractivity contribution in [2.75, 3.05) is 0 Å². The molecule has 2 saturated heterocycles. The zero-order valence-corrected chi connectivity index (χ0v) is 12.3. The Bertz CT molecular complexity index is 525. The molecule has 2 nitrogen and oxygen atoms in total. The van der Waals surface area contributed by atoms with Gasteiger partial charge in [-0.3, -0.25) is 0 Å². The number of thioether (sulfide) groups is 1. The second-order valence-electron chi connectivity index (χ2n) is 5.99.